The van der Waals surface area contributed by atoms with Gasteiger partial charge in [-0.2, -0.15) is 5.10 Å². The fraction of sp³-hybridized carbons (Fsp3) is 0.737. The van der Waals surface area contributed by atoms with Crippen LogP contribution in [0.15, 0.2) is 6.20 Å². The SMILES string of the molecule is CCCCCN(CCCCC)CC(C)NC(=O)c1c(C(=O)O)cnn1C. The Morgan fingerprint density at radius 1 is 1.19 bits per heavy atom. The number of nitrogens with zero attached hydrogens (tertiary/aromatic N) is 3. The zero-order valence-electron chi connectivity index (χ0n) is 16.6. The van der Waals surface area contributed by atoms with Crippen molar-refractivity contribution in [3.63, 3.8) is 0 Å². The molecule has 1 rings (SSSR count). The maximum absolute atomic E-state index is 12.5. The molecule has 148 valence electrons. The summed E-state index contributed by atoms with van der Waals surface area (Å²) >= 11 is 0. The largest absolute Gasteiger partial charge is 0.478 e. The van der Waals surface area contributed by atoms with Crippen LogP contribution in [0, 0.1) is 0 Å². The van der Waals surface area contributed by atoms with Gasteiger partial charge in [0.1, 0.15) is 11.3 Å². The molecular weight excluding hydrogens is 332 g/mol. The van der Waals surface area contributed by atoms with Crippen molar-refractivity contribution in [1.29, 1.82) is 0 Å². The smallest absolute Gasteiger partial charge is 0.339 e. The molecule has 0 spiro atoms. The monoisotopic (exact) mass is 366 g/mol. The first-order valence-corrected chi connectivity index (χ1v) is 9.69. The molecule has 0 aliphatic heterocycles. The number of carboxylic acids is 1. The van der Waals surface area contributed by atoms with E-state index in [1.807, 2.05) is 6.92 Å². The summed E-state index contributed by atoms with van der Waals surface area (Å²) in [5.74, 6) is -1.53. The lowest BCUT2D eigenvalue weighted by Crippen LogP contribution is -2.43. The predicted octanol–water partition coefficient (Wildman–Crippen LogP) is 2.92. The van der Waals surface area contributed by atoms with E-state index in [1.54, 1.807) is 7.05 Å². The van der Waals surface area contributed by atoms with Crippen LogP contribution < -0.4 is 5.32 Å². The molecule has 7 heteroatoms. The summed E-state index contributed by atoms with van der Waals surface area (Å²) in [6, 6.07) is -0.0673. The second kappa shape index (κ2) is 11.7. The summed E-state index contributed by atoms with van der Waals surface area (Å²) in [4.78, 5) is 26.2. The van der Waals surface area contributed by atoms with E-state index in [4.69, 9.17) is 0 Å². The van der Waals surface area contributed by atoms with E-state index < -0.39 is 11.9 Å². The van der Waals surface area contributed by atoms with Crippen LogP contribution in [-0.4, -0.2) is 57.3 Å². The van der Waals surface area contributed by atoms with E-state index in [0.717, 1.165) is 32.5 Å². The zero-order chi connectivity index (χ0) is 19.5. The Hall–Kier alpha value is -1.89. The molecule has 1 atom stereocenters. The number of carbonyl (C=O) groups excluding carboxylic acids is 1. The van der Waals surface area contributed by atoms with Gasteiger partial charge in [-0.3, -0.25) is 9.48 Å². The number of nitrogens with one attached hydrogen (secondary N) is 1. The average Bonchev–Trinajstić information content (AvgIpc) is 2.97. The Morgan fingerprint density at radius 3 is 2.27 bits per heavy atom. The predicted molar refractivity (Wildman–Crippen MR) is 103 cm³/mol. The van der Waals surface area contributed by atoms with Crippen molar-refractivity contribution >= 4 is 11.9 Å². The summed E-state index contributed by atoms with van der Waals surface area (Å²) in [5.41, 5.74) is 0.0211. The second-order valence-corrected chi connectivity index (χ2v) is 6.92. The Bertz CT molecular complexity index is 561. The van der Waals surface area contributed by atoms with Crippen LogP contribution in [0.3, 0.4) is 0 Å². The first-order chi connectivity index (χ1) is 12.4. The van der Waals surface area contributed by atoms with Gasteiger partial charge in [-0.25, -0.2) is 4.79 Å². The molecule has 0 saturated carbocycles. The van der Waals surface area contributed by atoms with Gasteiger partial charge in [-0.15, -0.1) is 0 Å². The number of carboxylic acid groups (broad SMARTS) is 1. The molecule has 0 aliphatic rings. The number of amides is 1. The Balaban J connectivity index is 2.65. The number of rotatable bonds is 13. The average molecular weight is 367 g/mol. The molecule has 0 aromatic carbocycles. The van der Waals surface area contributed by atoms with Gasteiger partial charge in [0, 0.05) is 19.6 Å². The molecule has 1 unspecified atom stereocenters. The van der Waals surface area contributed by atoms with Crippen molar-refractivity contribution in [2.24, 2.45) is 7.05 Å². The first-order valence-electron chi connectivity index (χ1n) is 9.69. The molecule has 2 N–H and O–H groups in total. The number of unbranched alkanes of at least 4 members (excludes halogenated alkanes) is 4. The van der Waals surface area contributed by atoms with Crippen molar-refractivity contribution in [3.05, 3.63) is 17.5 Å². The molecule has 0 radical (unpaired) electrons. The molecule has 1 aromatic rings. The minimum Gasteiger partial charge on any atom is -0.478 e. The van der Waals surface area contributed by atoms with Crippen LogP contribution in [0.1, 0.15) is 80.1 Å². The number of hydrogen-bond acceptors (Lipinski definition) is 4. The van der Waals surface area contributed by atoms with Gasteiger partial charge >= 0.3 is 5.97 Å². The van der Waals surface area contributed by atoms with Gasteiger partial charge in [0.05, 0.1) is 6.20 Å². The van der Waals surface area contributed by atoms with Crippen LogP contribution in [-0.2, 0) is 7.05 Å². The quantitative estimate of drug-likeness (QED) is 0.524. The third-order valence-corrected chi connectivity index (χ3v) is 4.45. The van der Waals surface area contributed by atoms with Crippen molar-refractivity contribution in [3.8, 4) is 0 Å². The molecular formula is C19H34N4O3. The van der Waals surface area contributed by atoms with E-state index in [9.17, 15) is 14.7 Å². The van der Waals surface area contributed by atoms with Gasteiger partial charge in [0.15, 0.2) is 0 Å². The molecule has 0 aliphatic carbocycles. The van der Waals surface area contributed by atoms with Crippen molar-refractivity contribution in [2.75, 3.05) is 19.6 Å². The lowest BCUT2D eigenvalue weighted by atomic mass is 10.2. The van der Waals surface area contributed by atoms with Crippen LogP contribution in [0.25, 0.3) is 0 Å². The minimum atomic E-state index is -1.14. The van der Waals surface area contributed by atoms with E-state index in [1.165, 1.54) is 36.6 Å². The molecule has 1 amide bonds. The first kappa shape index (κ1) is 22.2. The highest BCUT2D eigenvalue weighted by atomic mass is 16.4. The summed E-state index contributed by atoms with van der Waals surface area (Å²) < 4.78 is 1.31. The van der Waals surface area contributed by atoms with E-state index >= 15 is 0 Å². The third kappa shape index (κ3) is 7.15. The fourth-order valence-electron chi connectivity index (χ4n) is 3.05. The van der Waals surface area contributed by atoms with Crippen LogP contribution in [0.4, 0.5) is 0 Å². The van der Waals surface area contributed by atoms with Crippen LogP contribution in [0.2, 0.25) is 0 Å². The summed E-state index contributed by atoms with van der Waals surface area (Å²) in [5, 5.41) is 16.0. The summed E-state index contributed by atoms with van der Waals surface area (Å²) in [6.45, 7) is 9.17. The summed E-state index contributed by atoms with van der Waals surface area (Å²) in [7, 11) is 1.58. The molecule has 0 saturated heterocycles. The van der Waals surface area contributed by atoms with Crippen molar-refractivity contribution in [1.82, 2.24) is 20.0 Å². The van der Waals surface area contributed by atoms with Crippen molar-refractivity contribution < 1.29 is 14.7 Å². The Morgan fingerprint density at radius 2 is 1.77 bits per heavy atom. The maximum Gasteiger partial charge on any atom is 0.339 e. The molecule has 1 aromatic heterocycles. The van der Waals surface area contributed by atoms with Gasteiger partial charge in [0.2, 0.25) is 0 Å². The van der Waals surface area contributed by atoms with Gasteiger partial charge in [0.25, 0.3) is 5.91 Å². The van der Waals surface area contributed by atoms with Gasteiger partial charge in [-0.1, -0.05) is 39.5 Å². The minimum absolute atomic E-state index is 0.0673. The topological polar surface area (TPSA) is 87.5 Å². The standard InChI is InChI=1S/C19H34N4O3/c1-5-7-9-11-23(12-10-8-6-2)14-15(3)21-18(24)17-16(19(25)26)13-20-22(17)4/h13,15H,5-12,14H2,1-4H3,(H,21,24)(H,25,26). The molecule has 0 bridgehead atoms. The Kier molecular flexibility index (Phi) is 9.95. The molecule has 1 heterocycles. The third-order valence-electron chi connectivity index (χ3n) is 4.45. The van der Waals surface area contributed by atoms with E-state index in [-0.39, 0.29) is 17.3 Å². The maximum atomic E-state index is 12.5. The highest BCUT2D eigenvalue weighted by Crippen LogP contribution is 2.09. The number of aromatic carboxylic acids is 1. The molecule has 26 heavy (non-hydrogen) atoms. The van der Waals surface area contributed by atoms with E-state index in [2.05, 4.69) is 29.2 Å². The fourth-order valence-corrected chi connectivity index (χ4v) is 3.05. The molecule has 7 nitrogen and oxygen atoms in total. The second-order valence-electron chi connectivity index (χ2n) is 6.92. The van der Waals surface area contributed by atoms with Crippen molar-refractivity contribution in [2.45, 2.75) is 65.3 Å². The lowest BCUT2D eigenvalue weighted by molar-refractivity contribution is 0.0689. The number of hydrogen-bond donors (Lipinski definition) is 2. The molecule has 0 fully saturated rings. The highest BCUT2D eigenvalue weighted by Gasteiger charge is 2.23. The van der Waals surface area contributed by atoms with Crippen LogP contribution in [0.5, 0.6) is 0 Å². The lowest BCUT2D eigenvalue weighted by Gasteiger charge is -2.26. The Labute approximate surface area is 156 Å². The highest BCUT2D eigenvalue weighted by molar-refractivity contribution is 6.03. The summed E-state index contributed by atoms with van der Waals surface area (Å²) in [6.07, 6.45) is 8.33. The number of aromatic nitrogens is 2. The van der Waals surface area contributed by atoms with Crippen LogP contribution >= 0.6 is 0 Å². The number of carbonyl (C=O) groups is 2. The normalized spacial score (nSPS) is 12.3. The number of aryl methyl sites for hydroxylation is 1. The van der Waals surface area contributed by atoms with E-state index in [0.29, 0.717) is 0 Å². The zero-order valence-corrected chi connectivity index (χ0v) is 16.6. The van der Waals surface area contributed by atoms with Gasteiger partial charge in [-0.05, 0) is 32.9 Å². The van der Waals surface area contributed by atoms with Gasteiger partial charge < -0.3 is 15.3 Å².